The van der Waals surface area contributed by atoms with Gasteiger partial charge in [-0.15, -0.1) is 0 Å². The first-order chi connectivity index (χ1) is 13.1. The second-order valence-corrected chi connectivity index (χ2v) is 6.72. The van der Waals surface area contributed by atoms with Crippen molar-refractivity contribution < 1.29 is 19.0 Å². The summed E-state index contributed by atoms with van der Waals surface area (Å²) in [5.41, 5.74) is 2.13. The summed E-state index contributed by atoms with van der Waals surface area (Å²) in [7, 11) is 3.27. The molecule has 0 heterocycles. The van der Waals surface area contributed by atoms with E-state index < -0.39 is 0 Å². The van der Waals surface area contributed by atoms with Crippen LogP contribution < -0.4 is 14.2 Å². The number of ether oxygens (including phenoxy) is 3. The Bertz CT molecular complexity index is 786. The lowest BCUT2D eigenvalue weighted by molar-refractivity contribution is -0.134. The highest BCUT2D eigenvalue weighted by atomic mass is 16.5. The van der Waals surface area contributed by atoms with Crippen LogP contribution in [0.2, 0.25) is 0 Å². The van der Waals surface area contributed by atoms with Crippen LogP contribution in [0.4, 0.5) is 0 Å². The zero-order valence-corrected chi connectivity index (χ0v) is 16.2. The van der Waals surface area contributed by atoms with E-state index in [0.717, 1.165) is 42.1 Å². The average Bonchev–Trinajstić information content (AvgIpc) is 3.55. The second-order valence-electron chi connectivity index (χ2n) is 6.72. The molecule has 2 aromatic carbocycles. The molecular weight excluding hydrogens is 342 g/mol. The second kappa shape index (κ2) is 8.80. The van der Waals surface area contributed by atoms with E-state index in [0.29, 0.717) is 6.54 Å². The summed E-state index contributed by atoms with van der Waals surface area (Å²) in [5, 5.41) is 0. The van der Waals surface area contributed by atoms with Gasteiger partial charge in [0.05, 0.1) is 14.2 Å². The van der Waals surface area contributed by atoms with E-state index in [1.807, 2.05) is 41.3 Å². The topological polar surface area (TPSA) is 48.0 Å². The Morgan fingerprint density at radius 2 is 1.89 bits per heavy atom. The van der Waals surface area contributed by atoms with Crippen molar-refractivity contribution in [1.29, 1.82) is 0 Å². The summed E-state index contributed by atoms with van der Waals surface area (Å²) in [6.45, 7) is 2.62. The number of carbonyl (C=O) groups is 1. The van der Waals surface area contributed by atoms with Gasteiger partial charge in [0.1, 0.15) is 17.2 Å². The number of nitrogens with zero attached hydrogens (tertiary/aromatic N) is 1. The molecule has 1 amide bonds. The maximum atomic E-state index is 12.8. The average molecular weight is 369 g/mol. The number of carbonyl (C=O) groups excluding carboxylic acids is 1. The number of hydrogen-bond acceptors (Lipinski definition) is 4. The van der Waals surface area contributed by atoms with Gasteiger partial charge in [0, 0.05) is 18.2 Å². The number of amides is 1. The lowest BCUT2D eigenvalue weighted by Gasteiger charge is -2.24. The van der Waals surface area contributed by atoms with E-state index in [9.17, 15) is 4.79 Å². The molecule has 2 aromatic rings. The van der Waals surface area contributed by atoms with Gasteiger partial charge in [-0.05, 0) is 55.2 Å². The molecule has 0 saturated heterocycles. The van der Waals surface area contributed by atoms with E-state index >= 15 is 0 Å². The third-order valence-corrected chi connectivity index (χ3v) is 4.81. The van der Waals surface area contributed by atoms with E-state index in [-0.39, 0.29) is 18.6 Å². The molecule has 1 aliphatic carbocycles. The number of methoxy groups -OCH3 is 2. The van der Waals surface area contributed by atoms with Crippen LogP contribution in [-0.4, -0.2) is 37.7 Å². The first-order valence-corrected chi connectivity index (χ1v) is 9.36. The van der Waals surface area contributed by atoms with Gasteiger partial charge in [-0.2, -0.15) is 0 Å². The zero-order valence-electron chi connectivity index (χ0n) is 16.2. The first kappa shape index (κ1) is 19.1. The van der Waals surface area contributed by atoms with Gasteiger partial charge in [0.25, 0.3) is 5.91 Å². The Hall–Kier alpha value is -2.69. The van der Waals surface area contributed by atoms with Gasteiger partial charge < -0.3 is 19.1 Å². The van der Waals surface area contributed by atoms with Gasteiger partial charge in [-0.25, -0.2) is 0 Å². The molecule has 27 heavy (non-hydrogen) atoms. The zero-order chi connectivity index (χ0) is 19.2. The fourth-order valence-electron chi connectivity index (χ4n) is 3.08. The highest BCUT2D eigenvalue weighted by molar-refractivity contribution is 5.78. The maximum Gasteiger partial charge on any atom is 0.261 e. The largest absolute Gasteiger partial charge is 0.497 e. The summed E-state index contributed by atoms with van der Waals surface area (Å²) < 4.78 is 16.5. The van der Waals surface area contributed by atoms with Crippen LogP contribution in [0, 0.1) is 0 Å². The molecule has 1 aliphatic rings. The van der Waals surface area contributed by atoms with Crippen LogP contribution in [0.3, 0.4) is 0 Å². The van der Waals surface area contributed by atoms with Crippen LogP contribution in [0.1, 0.15) is 30.9 Å². The van der Waals surface area contributed by atoms with Crippen molar-refractivity contribution in [1.82, 2.24) is 4.90 Å². The van der Waals surface area contributed by atoms with Crippen molar-refractivity contribution in [3.63, 3.8) is 0 Å². The number of aryl methyl sites for hydroxylation is 1. The Balaban J connectivity index is 1.69. The molecule has 3 rings (SSSR count). The normalized spacial score (nSPS) is 13.1. The quantitative estimate of drug-likeness (QED) is 0.674. The fraction of sp³-hybridized carbons (Fsp3) is 0.409. The molecule has 0 atom stereocenters. The van der Waals surface area contributed by atoms with Gasteiger partial charge in [-0.1, -0.05) is 19.1 Å². The summed E-state index contributed by atoms with van der Waals surface area (Å²) in [6.07, 6.45) is 3.00. The molecule has 1 saturated carbocycles. The van der Waals surface area contributed by atoms with Crippen molar-refractivity contribution >= 4 is 5.91 Å². The molecule has 144 valence electrons. The molecule has 5 heteroatoms. The molecule has 1 fully saturated rings. The van der Waals surface area contributed by atoms with Crippen LogP contribution in [-0.2, 0) is 17.8 Å². The first-order valence-electron chi connectivity index (χ1n) is 9.36. The lowest BCUT2D eigenvalue weighted by Crippen LogP contribution is -2.36. The molecule has 0 spiro atoms. The van der Waals surface area contributed by atoms with Crippen LogP contribution >= 0.6 is 0 Å². The minimum atomic E-state index is -0.00993. The highest BCUT2D eigenvalue weighted by Crippen LogP contribution is 2.32. The summed E-state index contributed by atoms with van der Waals surface area (Å²) >= 11 is 0. The van der Waals surface area contributed by atoms with E-state index in [4.69, 9.17) is 14.2 Å². The summed E-state index contributed by atoms with van der Waals surface area (Å²) in [6, 6.07) is 13.8. The lowest BCUT2D eigenvalue weighted by atomic mass is 10.1. The summed E-state index contributed by atoms with van der Waals surface area (Å²) in [5.74, 6) is 2.23. The Labute approximate surface area is 160 Å². The van der Waals surface area contributed by atoms with E-state index in [1.54, 1.807) is 14.2 Å². The SMILES string of the molecule is CCc1cccc(OCC(=O)N(Cc2cc(OC)ccc2OC)C2CC2)c1. The van der Waals surface area contributed by atoms with Gasteiger partial charge in [-0.3, -0.25) is 4.79 Å². The predicted molar refractivity (Wildman–Crippen MR) is 104 cm³/mol. The molecular formula is C22H27NO4. The molecule has 0 radical (unpaired) electrons. The molecule has 0 bridgehead atoms. The minimum Gasteiger partial charge on any atom is -0.497 e. The monoisotopic (exact) mass is 369 g/mol. The van der Waals surface area contributed by atoms with Gasteiger partial charge in [0.15, 0.2) is 6.61 Å². The van der Waals surface area contributed by atoms with Crippen molar-refractivity contribution in [2.45, 2.75) is 38.8 Å². The van der Waals surface area contributed by atoms with Gasteiger partial charge >= 0.3 is 0 Å². The smallest absolute Gasteiger partial charge is 0.261 e. The Morgan fingerprint density at radius 3 is 2.56 bits per heavy atom. The molecule has 0 aliphatic heterocycles. The molecule has 0 N–H and O–H groups in total. The minimum absolute atomic E-state index is 0.00993. The Morgan fingerprint density at radius 1 is 1.07 bits per heavy atom. The number of rotatable bonds is 9. The summed E-state index contributed by atoms with van der Waals surface area (Å²) in [4.78, 5) is 14.7. The number of hydrogen-bond donors (Lipinski definition) is 0. The molecule has 0 unspecified atom stereocenters. The van der Waals surface area contributed by atoms with Crippen molar-refractivity contribution in [2.24, 2.45) is 0 Å². The predicted octanol–water partition coefficient (Wildman–Crippen LogP) is 3.84. The molecule has 0 aromatic heterocycles. The fourth-order valence-corrected chi connectivity index (χ4v) is 3.08. The Kier molecular flexibility index (Phi) is 6.22. The van der Waals surface area contributed by atoms with E-state index in [2.05, 4.69) is 13.0 Å². The van der Waals surface area contributed by atoms with Crippen molar-refractivity contribution in [3.8, 4) is 17.2 Å². The van der Waals surface area contributed by atoms with Crippen molar-refractivity contribution in [3.05, 3.63) is 53.6 Å². The van der Waals surface area contributed by atoms with Crippen LogP contribution in [0.5, 0.6) is 17.2 Å². The maximum absolute atomic E-state index is 12.8. The van der Waals surface area contributed by atoms with Crippen LogP contribution in [0.15, 0.2) is 42.5 Å². The van der Waals surface area contributed by atoms with Crippen LogP contribution in [0.25, 0.3) is 0 Å². The molecule has 5 nitrogen and oxygen atoms in total. The van der Waals surface area contributed by atoms with Crippen molar-refractivity contribution in [2.75, 3.05) is 20.8 Å². The highest BCUT2D eigenvalue weighted by Gasteiger charge is 2.33. The third kappa shape index (κ3) is 4.94. The van der Waals surface area contributed by atoms with Gasteiger partial charge in [0.2, 0.25) is 0 Å². The number of benzene rings is 2. The third-order valence-electron chi connectivity index (χ3n) is 4.81. The standard InChI is InChI=1S/C22H27NO4/c1-4-16-6-5-7-20(12-16)27-15-22(24)23(18-8-9-18)14-17-13-19(25-2)10-11-21(17)26-3/h5-7,10-13,18H,4,8-9,14-15H2,1-3H3. The van der Waals surface area contributed by atoms with E-state index in [1.165, 1.54) is 5.56 Å².